The Kier molecular flexibility index (Phi) is 5.17. The van der Waals surface area contributed by atoms with E-state index in [2.05, 4.69) is 9.97 Å². The van der Waals surface area contributed by atoms with Gasteiger partial charge < -0.3 is 9.47 Å². The molecule has 4 rings (SSSR count). The maximum Gasteiger partial charge on any atom is 0.338 e. The molecule has 0 aliphatic rings. The number of carbonyl (C=O) groups excluding carboxylic acids is 1. The number of hydrogen-bond acceptors (Lipinski definition) is 5. The number of halogens is 1. The fourth-order valence-electron chi connectivity index (χ4n) is 2.58. The van der Waals surface area contributed by atoms with Gasteiger partial charge in [0.1, 0.15) is 12.4 Å². The molecule has 0 amide bonds. The molecule has 3 aromatic carbocycles. The number of ether oxygens (including phenoxy) is 2. The lowest BCUT2D eigenvalue weighted by atomic mass is 10.2. The van der Waals surface area contributed by atoms with Gasteiger partial charge in [-0.2, -0.15) is 0 Å². The molecular formula is C22H15ClN2O3. The Balaban J connectivity index is 1.39. The highest BCUT2D eigenvalue weighted by molar-refractivity contribution is 6.30. The van der Waals surface area contributed by atoms with E-state index in [0.29, 0.717) is 22.2 Å². The number of carbonyl (C=O) groups is 1. The van der Waals surface area contributed by atoms with E-state index in [1.54, 1.807) is 42.6 Å². The number of fused-ring (bicyclic) bond motifs is 1. The largest absolute Gasteiger partial charge is 0.457 e. The lowest BCUT2D eigenvalue weighted by molar-refractivity contribution is 0.0472. The summed E-state index contributed by atoms with van der Waals surface area (Å²) in [7, 11) is 0. The fraction of sp³-hybridized carbons (Fsp3) is 0.0455. The fourth-order valence-corrected chi connectivity index (χ4v) is 2.71. The molecule has 1 heterocycles. The van der Waals surface area contributed by atoms with Crippen molar-refractivity contribution < 1.29 is 14.3 Å². The number of esters is 1. The van der Waals surface area contributed by atoms with Crippen LogP contribution in [0.15, 0.2) is 79.0 Å². The van der Waals surface area contributed by atoms with Gasteiger partial charge in [0, 0.05) is 5.02 Å². The van der Waals surface area contributed by atoms with Gasteiger partial charge in [0.15, 0.2) is 0 Å². The minimum Gasteiger partial charge on any atom is -0.457 e. The number of para-hydroxylation sites is 2. The van der Waals surface area contributed by atoms with Crippen molar-refractivity contribution in [1.82, 2.24) is 9.97 Å². The average molecular weight is 391 g/mol. The van der Waals surface area contributed by atoms with Crippen LogP contribution in [0.5, 0.6) is 11.6 Å². The van der Waals surface area contributed by atoms with Crippen LogP contribution in [0.25, 0.3) is 11.0 Å². The van der Waals surface area contributed by atoms with Crippen LogP contribution in [-0.2, 0) is 11.3 Å². The molecule has 0 radical (unpaired) electrons. The van der Waals surface area contributed by atoms with E-state index in [9.17, 15) is 4.79 Å². The first-order chi connectivity index (χ1) is 13.7. The van der Waals surface area contributed by atoms with E-state index in [4.69, 9.17) is 21.1 Å². The third kappa shape index (κ3) is 4.27. The Morgan fingerprint density at radius 2 is 1.61 bits per heavy atom. The normalized spacial score (nSPS) is 10.6. The molecule has 4 aromatic rings. The summed E-state index contributed by atoms with van der Waals surface area (Å²) in [5.74, 6) is 0.530. The van der Waals surface area contributed by atoms with E-state index in [1.807, 2.05) is 36.4 Å². The molecule has 0 saturated heterocycles. The van der Waals surface area contributed by atoms with Crippen LogP contribution in [-0.4, -0.2) is 15.9 Å². The minimum atomic E-state index is -0.410. The standard InChI is InChI=1S/C22H15ClN2O3/c23-17-9-5-15(6-10-17)14-27-22(26)16-7-11-18(12-8-16)28-21-13-24-19-3-1-2-4-20(19)25-21/h1-13H,14H2. The molecule has 5 nitrogen and oxygen atoms in total. The second kappa shape index (κ2) is 8.06. The Labute approximate surface area is 166 Å². The van der Waals surface area contributed by atoms with Crippen LogP contribution in [0.2, 0.25) is 5.02 Å². The monoisotopic (exact) mass is 390 g/mol. The summed E-state index contributed by atoms with van der Waals surface area (Å²) in [6.45, 7) is 0.181. The zero-order valence-corrected chi connectivity index (χ0v) is 15.5. The lowest BCUT2D eigenvalue weighted by Crippen LogP contribution is -2.05. The highest BCUT2D eigenvalue weighted by Gasteiger charge is 2.09. The van der Waals surface area contributed by atoms with Crippen LogP contribution in [0, 0.1) is 0 Å². The second-order valence-electron chi connectivity index (χ2n) is 6.03. The molecule has 0 aliphatic carbocycles. The van der Waals surface area contributed by atoms with Crippen LogP contribution in [0.3, 0.4) is 0 Å². The van der Waals surface area contributed by atoms with Crippen molar-refractivity contribution in [3.05, 3.63) is 95.1 Å². The second-order valence-corrected chi connectivity index (χ2v) is 6.46. The Bertz CT molecular complexity index is 1110. The Hall–Kier alpha value is -3.44. The molecule has 0 bridgehead atoms. The van der Waals surface area contributed by atoms with Crippen molar-refractivity contribution in [2.75, 3.05) is 0 Å². The van der Waals surface area contributed by atoms with Gasteiger partial charge in [0.2, 0.25) is 5.88 Å². The first-order valence-electron chi connectivity index (χ1n) is 8.59. The number of nitrogens with zero attached hydrogens (tertiary/aromatic N) is 2. The zero-order chi connectivity index (χ0) is 19.3. The molecule has 0 atom stereocenters. The Morgan fingerprint density at radius 3 is 2.36 bits per heavy atom. The highest BCUT2D eigenvalue weighted by Crippen LogP contribution is 2.21. The van der Waals surface area contributed by atoms with E-state index in [1.165, 1.54) is 0 Å². The third-order valence-electron chi connectivity index (χ3n) is 4.02. The molecule has 0 spiro atoms. The van der Waals surface area contributed by atoms with Crippen molar-refractivity contribution in [1.29, 1.82) is 0 Å². The summed E-state index contributed by atoms with van der Waals surface area (Å²) in [6, 6.07) is 21.4. The van der Waals surface area contributed by atoms with Gasteiger partial charge in [-0.15, -0.1) is 0 Å². The van der Waals surface area contributed by atoms with Crippen molar-refractivity contribution in [3.63, 3.8) is 0 Å². The topological polar surface area (TPSA) is 61.3 Å². The number of hydrogen-bond donors (Lipinski definition) is 0. The highest BCUT2D eigenvalue weighted by atomic mass is 35.5. The van der Waals surface area contributed by atoms with Crippen molar-refractivity contribution in [2.45, 2.75) is 6.61 Å². The first-order valence-corrected chi connectivity index (χ1v) is 8.96. The van der Waals surface area contributed by atoms with E-state index in [-0.39, 0.29) is 6.61 Å². The summed E-state index contributed by atoms with van der Waals surface area (Å²) < 4.78 is 11.0. The van der Waals surface area contributed by atoms with Crippen LogP contribution < -0.4 is 4.74 Å². The van der Waals surface area contributed by atoms with E-state index < -0.39 is 5.97 Å². The van der Waals surface area contributed by atoms with E-state index >= 15 is 0 Å². The van der Waals surface area contributed by atoms with Gasteiger partial charge >= 0.3 is 5.97 Å². The molecule has 0 fully saturated rings. The zero-order valence-electron chi connectivity index (χ0n) is 14.7. The molecule has 0 unspecified atom stereocenters. The van der Waals surface area contributed by atoms with Gasteiger partial charge in [-0.25, -0.2) is 14.8 Å². The summed E-state index contributed by atoms with van der Waals surface area (Å²) in [5.41, 5.74) is 2.86. The van der Waals surface area contributed by atoms with Crippen molar-refractivity contribution in [3.8, 4) is 11.6 Å². The molecular weight excluding hydrogens is 376 g/mol. The molecule has 0 saturated carbocycles. The van der Waals surface area contributed by atoms with Gasteiger partial charge in [-0.1, -0.05) is 35.9 Å². The smallest absolute Gasteiger partial charge is 0.338 e. The summed E-state index contributed by atoms with van der Waals surface area (Å²) >= 11 is 5.84. The molecule has 6 heteroatoms. The maximum absolute atomic E-state index is 12.2. The first kappa shape index (κ1) is 17.9. The van der Waals surface area contributed by atoms with Crippen molar-refractivity contribution >= 4 is 28.6 Å². The predicted molar refractivity (Wildman–Crippen MR) is 107 cm³/mol. The molecule has 0 N–H and O–H groups in total. The number of aromatic nitrogens is 2. The molecule has 28 heavy (non-hydrogen) atoms. The van der Waals surface area contributed by atoms with E-state index in [0.717, 1.165) is 16.6 Å². The number of benzene rings is 3. The molecule has 0 aliphatic heterocycles. The summed E-state index contributed by atoms with van der Waals surface area (Å²) in [5, 5.41) is 0.641. The third-order valence-corrected chi connectivity index (χ3v) is 4.27. The molecule has 138 valence electrons. The van der Waals surface area contributed by atoms with Gasteiger partial charge in [-0.05, 0) is 54.1 Å². The quantitative estimate of drug-likeness (QED) is 0.425. The summed E-state index contributed by atoms with van der Waals surface area (Å²) in [4.78, 5) is 20.9. The predicted octanol–water partition coefficient (Wildman–Crippen LogP) is 5.43. The van der Waals surface area contributed by atoms with Crippen LogP contribution >= 0.6 is 11.6 Å². The number of rotatable bonds is 5. The van der Waals surface area contributed by atoms with Gasteiger partial charge in [-0.3, -0.25) is 0 Å². The molecule has 1 aromatic heterocycles. The van der Waals surface area contributed by atoms with Gasteiger partial charge in [0.05, 0.1) is 22.8 Å². The van der Waals surface area contributed by atoms with Crippen LogP contribution in [0.1, 0.15) is 15.9 Å². The van der Waals surface area contributed by atoms with Crippen LogP contribution in [0.4, 0.5) is 0 Å². The minimum absolute atomic E-state index is 0.181. The van der Waals surface area contributed by atoms with Crippen molar-refractivity contribution in [2.24, 2.45) is 0 Å². The average Bonchev–Trinajstić information content (AvgIpc) is 2.73. The maximum atomic E-state index is 12.2. The Morgan fingerprint density at radius 1 is 0.893 bits per heavy atom. The lowest BCUT2D eigenvalue weighted by Gasteiger charge is -2.07. The SMILES string of the molecule is O=C(OCc1ccc(Cl)cc1)c1ccc(Oc2cnc3ccccc3n2)cc1. The summed E-state index contributed by atoms with van der Waals surface area (Å²) in [6.07, 6.45) is 1.57. The van der Waals surface area contributed by atoms with Gasteiger partial charge in [0.25, 0.3) is 0 Å².